The number of ether oxygens (including phenoxy) is 1. The van der Waals surface area contributed by atoms with E-state index in [9.17, 15) is 4.79 Å². The van der Waals surface area contributed by atoms with Gasteiger partial charge in [0.25, 0.3) is 0 Å². The van der Waals surface area contributed by atoms with Gasteiger partial charge in [-0.3, -0.25) is 0 Å². The third kappa shape index (κ3) is 2.48. The van der Waals surface area contributed by atoms with Gasteiger partial charge in [-0.05, 0) is 26.2 Å². The first-order valence-corrected chi connectivity index (χ1v) is 3.90. The van der Waals surface area contributed by atoms with Crippen LogP contribution in [0.2, 0.25) is 0 Å². The minimum Gasteiger partial charge on any atom is -0.378 e. The molecular weight excluding hydrogens is 128 g/mol. The van der Waals surface area contributed by atoms with E-state index in [1.807, 2.05) is 0 Å². The molecule has 0 spiro atoms. The Kier molecular flexibility index (Phi) is 2.87. The van der Waals surface area contributed by atoms with E-state index in [0.717, 1.165) is 19.4 Å². The number of carbonyl (C=O) groups excluding carboxylic acids is 1. The smallest absolute Gasteiger partial charge is 0.129 e. The predicted octanol–water partition coefficient (Wildman–Crippen LogP) is 1.53. The van der Waals surface area contributed by atoms with Crippen LogP contribution in [0.5, 0.6) is 0 Å². The number of hydrogen-bond acceptors (Lipinski definition) is 2. The van der Waals surface area contributed by atoms with Crippen molar-refractivity contribution in [3.8, 4) is 0 Å². The van der Waals surface area contributed by atoms with Crippen molar-refractivity contribution in [2.75, 3.05) is 6.61 Å². The maximum atomic E-state index is 10.5. The summed E-state index contributed by atoms with van der Waals surface area (Å²) >= 11 is 0. The fourth-order valence-electron chi connectivity index (χ4n) is 1.24. The maximum Gasteiger partial charge on any atom is 0.129 e. The van der Waals surface area contributed by atoms with Crippen LogP contribution >= 0.6 is 0 Å². The second-order valence-corrected chi connectivity index (χ2v) is 2.88. The number of hydrogen-bond donors (Lipinski definition) is 0. The highest BCUT2D eigenvalue weighted by Crippen LogP contribution is 2.16. The van der Waals surface area contributed by atoms with Gasteiger partial charge in [-0.25, -0.2) is 0 Å². The van der Waals surface area contributed by atoms with Crippen LogP contribution in [0, 0.1) is 0 Å². The third-order valence-corrected chi connectivity index (χ3v) is 1.84. The molecule has 0 saturated carbocycles. The Morgan fingerprint density at radius 2 is 2.50 bits per heavy atom. The minimum atomic E-state index is 0.274. The Morgan fingerprint density at radius 3 is 3.00 bits per heavy atom. The molecule has 1 saturated heterocycles. The van der Waals surface area contributed by atoms with E-state index in [1.165, 1.54) is 6.42 Å². The first kappa shape index (κ1) is 7.73. The van der Waals surface area contributed by atoms with Gasteiger partial charge in [0.15, 0.2) is 0 Å². The summed E-state index contributed by atoms with van der Waals surface area (Å²) in [4.78, 5) is 10.5. The molecule has 0 radical (unpaired) electrons. The van der Waals surface area contributed by atoms with Gasteiger partial charge in [-0.2, -0.15) is 0 Å². The summed E-state index contributed by atoms with van der Waals surface area (Å²) in [5.41, 5.74) is 0. The SMILES string of the molecule is CC(=O)CC[C@@H]1CCCO1. The zero-order valence-electron chi connectivity index (χ0n) is 6.43. The largest absolute Gasteiger partial charge is 0.378 e. The fraction of sp³-hybridized carbons (Fsp3) is 0.875. The van der Waals surface area contributed by atoms with Crippen LogP contribution in [0.15, 0.2) is 0 Å². The summed E-state index contributed by atoms with van der Waals surface area (Å²) < 4.78 is 5.35. The Morgan fingerprint density at radius 1 is 1.70 bits per heavy atom. The van der Waals surface area contributed by atoms with E-state index in [-0.39, 0.29) is 5.78 Å². The molecule has 0 aliphatic carbocycles. The monoisotopic (exact) mass is 142 g/mol. The highest BCUT2D eigenvalue weighted by Gasteiger charge is 2.15. The van der Waals surface area contributed by atoms with Crippen molar-refractivity contribution >= 4 is 5.78 Å². The lowest BCUT2D eigenvalue weighted by Gasteiger charge is -2.05. The van der Waals surface area contributed by atoms with Gasteiger partial charge in [0.2, 0.25) is 0 Å². The zero-order chi connectivity index (χ0) is 7.40. The molecular formula is C8H14O2. The van der Waals surface area contributed by atoms with Crippen molar-refractivity contribution in [1.82, 2.24) is 0 Å². The maximum absolute atomic E-state index is 10.5. The molecule has 1 aliphatic heterocycles. The molecule has 0 bridgehead atoms. The summed E-state index contributed by atoms with van der Waals surface area (Å²) in [6, 6.07) is 0. The molecule has 0 amide bonds. The van der Waals surface area contributed by atoms with E-state index in [0.29, 0.717) is 12.5 Å². The van der Waals surface area contributed by atoms with Gasteiger partial charge < -0.3 is 9.53 Å². The van der Waals surface area contributed by atoms with Crippen LogP contribution < -0.4 is 0 Å². The van der Waals surface area contributed by atoms with Crippen LogP contribution in [-0.2, 0) is 9.53 Å². The number of rotatable bonds is 3. The minimum absolute atomic E-state index is 0.274. The molecule has 1 atom stereocenters. The van der Waals surface area contributed by atoms with Crippen molar-refractivity contribution in [2.24, 2.45) is 0 Å². The van der Waals surface area contributed by atoms with E-state index >= 15 is 0 Å². The second-order valence-electron chi connectivity index (χ2n) is 2.88. The third-order valence-electron chi connectivity index (χ3n) is 1.84. The molecule has 58 valence electrons. The first-order valence-electron chi connectivity index (χ1n) is 3.90. The molecule has 1 rings (SSSR count). The fourth-order valence-corrected chi connectivity index (χ4v) is 1.24. The summed E-state index contributed by atoms with van der Waals surface area (Å²) in [5.74, 6) is 0.274. The average Bonchev–Trinajstić information content (AvgIpc) is 2.34. The molecule has 1 heterocycles. The van der Waals surface area contributed by atoms with E-state index in [2.05, 4.69) is 0 Å². The van der Waals surface area contributed by atoms with Crippen LogP contribution in [-0.4, -0.2) is 18.5 Å². The Balaban J connectivity index is 2.07. The van der Waals surface area contributed by atoms with Crippen LogP contribution in [0.4, 0.5) is 0 Å². The van der Waals surface area contributed by atoms with E-state index < -0.39 is 0 Å². The normalized spacial score (nSPS) is 25.1. The molecule has 1 aliphatic rings. The van der Waals surface area contributed by atoms with Crippen LogP contribution in [0.25, 0.3) is 0 Å². The predicted molar refractivity (Wildman–Crippen MR) is 38.9 cm³/mol. The topological polar surface area (TPSA) is 26.3 Å². The molecule has 0 unspecified atom stereocenters. The molecule has 2 nitrogen and oxygen atoms in total. The standard InChI is InChI=1S/C8H14O2/c1-7(9)4-5-8-3-2-6-10-8/h8H,2-6H2,1H3/t8-/m0/s1. The Labute approximate surface area is 61.6 Å². The lowest BCUT2D eigenvalue weighted by Crippen LogP contribution is -2.06. The highest BCUT2D eigenvalue weighted by molar-refractivity contribution is 5.75. The van der Waals surface area contributed by atoms with Crippen molar-refractivity contribution in [2.45, 2.75) is 38.7 Å². The van der Waals surface area contributed by atoms with E-state index in [1.54, 1.807) is 6.92 Å². The lowest BCUT2D eigenvalue weighted by molar-refractivity contribution is -0.117. The van der Waals surface area contributed by atoms with Gasteiger partial charge in [-0.1, -0.05) is 0 Å². The highest BCUT2D eigenvalue weighted by atomic mass is 16.5. The van der Waals surface area contributed by atoms with Gasteiger partial charge in [0.1, 0.15) is 5.78 Å². The zero-order valence-corrected chi connectivity index (χ0v) is 6.43. The van der Waals surface area contributed by atoms with Crippen molar-refractivity contribution < 1.29 is 9.53 Å². The first-order chi connectivity index (χ1) is 4.79. The molecule has 0 aromatic carbocycles. The number of Topliss-reactive ketones (excluding diaryl/α,β-unsaturated/α-hetero) is 1. The summed E-state index contributed by atoms with van der Waals surface area (Å²) in [5, 5.41) is 0. The average molecular weight is 142 g/mol. The number of ketones is 1. The van der Waals surface area contributed by atoms with Crippen molar-refractivity contribution in [3.05, 3.63) is 0 Å². The van der Waals surface area contributed by atoms with Crippen molar-refractivity contribution in [1.29, 1.82) is 0 Å². The lowest BCUT2D eigenvalue weighted by atomic mass is 10.1. The van der Waals surface area contributed by atoms with E-state index in [4.69, 9.17) is 4.74 Å². The molecule has 1 fully saturated rings. The van der Waals surface area contributed by atoms with Gasteiger partial charge in [0, 0.05) is 13.0 Å². The van der Waals surface area contributed by atoms with Gasteiger partial charge in [0.05, 0.1) is 6.10 Å². The number of carbonyl (C=O) groups is 1. The molecule has 0 aromatic heterocycles. The molecule has 2 heteroatoms. The summed E-state index contributed by atoms with van der Waals surface area (Å²) in [6.45, 7) is 2.53. The van der Waals surface area contributed by atoms with Gasteiger partial charge in [-0.15, -0.1) is 0 Å². The second kappa shape index (κ2) is 3.71. The Hall–Kier alpha value is -0.370. The Bertz CT molecular complexity index is 114. The van der Waals surface area contributed by atoms with Crippen LogP contribution in [0.3, 0.4) is 0 Å². The molecule has 0 N–H and O–H groups in total. The van der Waals surface area contributed by atoms with Gasteiger partial charge >= 0.3 is 0 Å². The van der Waals surface area contributed by atoms with Crippen LogP contribution in [0.1, 0.15) is 32.6 Å². The summed E-state index contributed by atoms with van der Waals surface area (Å²) in [7, 11) is 0. The molecule has 10 heavy (non-hydrogen) atoms. The molecule has 0 aromatic rings. The summed E-state index contributed by atoms with van der Waals surface area (Å²) in [6.07, 6.45) is 4.31. The van der Waals surface area contributed by atoms with Crippen molar-refractivity contribution in [3.63, 3.8) is 0 Å². The quantitative estimate of drug-likeness (QED) is 0.597.